The summed E-state index contributed by atoms with van der Waals surface area (Å²) in [5, 5.41) is 0.153. The van der Waals surface area contributed by atoms with E-state index in [9.17, 15) is 13.2 Å². The third-order valence-corrected chi connectivity index (χ3v) is 6.83. The highest BCUT2D eigenvalue weighted by Gasteiger charge is 2.22. The Hall–Kier alpha value is -2.13. The summed E-state index contributed by atoms with van der Waals surface area (Å²) in [6.07, 6.45) is 0.691. The summed E-state index contributed by atoms with van der Waals surface area (Å²) in [4.78, 5) is 16.7. The van der Waals surface area contributed by atoms with Crippen LogP contribution in [0.25, 0.3) is 0 Å². The number of nitrogens with one attached hydrogen (secondary N) is 1. The van der Waals surface area contributed by atoms with Crippen molar-refractivity contribution < 1.29 is 17.9 Å². The van der Waals surface area contributed by atoms with Crippen molar-refractivity contribution >= 4 is 27.5 Å². The zero-order valence-electron chi connectivity index (χ0n) is 17.6. The molecule has 1 heterocycles. The lowest BCUT2D eigenvalue weighted by Gasteiger charge is -2.34. The Bertz CT molecular complexity index is 978. The molecular formula is C22H28ClN3O4S. The Kier molecular flexibility index (Phi) is 8.31. The van der Waals surface area contributed by atoms with Crippen molar-refractivity contribution in [2.24, 2.45) is 0 Å². The van der Waals surface area contributed by atoms with Crippen LogP contribution in [0.4, 0.5) is 0 Å². The molecule has 0 spiro atoms. The van der Waals surface area contributed by atoms with Gasteiger partial charge in [0.25, 0.3) is 5.91 Å². The number of amides is 1. The molecule has 1 amide bonds. The molecule has 0 radical (unpaired) electrons. The number of ether oxygens (including phenoxy) is 1. The van der Waals surface area contributed by atoms with Crippen LogP contribution in [-0.4, -0.2) is 63.5 Å². The third-order valence-electron chi connectivity index (χ3n) is 5.08. The number of rotatable bonds is 9. The Morgan fingerprint density at radius 3 is 2.45 bits per heavy atom. The van der Waals surface area contributed by atoms with E-state index in [4.69, 9.17) is 16.3 Å². The highest BCUT2D eigenvalue weighted by Crippen LogP contribution is 2.27. The molecule has 9 heteroatoms. The van der Waals surface area contributed by atoms with E-state index in [1.54, 1.807) is 4.90 Å². The van der Waals surface area contributed by atoms with E-state index in [0.717, 1.165) is 19.6 Å². The van der Waals surface area contributed by atoms with Crippen molar-refractivity contribution in [3.8, 4) is 5.75 Å². The molecule has 1 aliphatic heterocycles. The van der Waals surface area contributed by atoms with Crippen LogP contribution in [-0.2, 0) is 21.4 Å². The summed E-state index contributed by atoms with van der Waals surface area (Å²) in [6, 6.07) is 14.5. The van der Waals surface area contributed by atoms with Crippen LogP contribution in [0.2, 0.25) is 5.02 Å². The van der Waals surface area contributed by atoms with E-state index >= 15 is 0 Å². The molecule has 7 nitrogen and oxygen atoms in total. The first-order valence-electron chi connectivity index (χ1n) is 10.3. The van der Waals surface area contributed by atoms with Gasteiger partial charge in [0.15, 0.2) is 6.61 Å². The van der Waals surface area contributed by atoms with Crippen LogP contribution in [0.1, 0.15) is 18.9 Å². The van der Waals surface area contributed by atoms with Crippen molar-refractivity contribution in [1.29, 1.82) is 0 Å². The fraction of sp³-hybridized carbons (Fsp3) is 0.409. The van der Waals surface area contributed by atoms with Gasteiger partial charge in [-0.3, -0.25) is 9.69 Å². The second kappa shape index (κ2) is 10.9. The lowest BCUT2D eigenvalue weighted by molar-refractivity contribution is -0.135. The van der Waals surface area contributed by atoms with Crippen LogP contribution in [0, 0.1) is 0 Å². The minimum atomic E-state index is -3.61. The highest BCUT2D eigenvalue weighted by atomic mass is 35.5. The Morgan fingerprint density at radius 1 is 1.10 bits per heavy atom. The molecule has 0 unspecified atom stereocenters. The largest absolute Gasteiger partial charge is 0.482 e. The summed E-state index contributed by atoms with van der Waals surface area (Å²) >= 11 is 6.19. The third kappa shape index (κ3) is 6.67. The molecule has 168 valence electrons. The molecule has 0 aliphatic carbocycles. The van der Waals surface area contributed by atoms with E-state index in [0.29, 0.717) is 26.1 Å². The maximum Gasteiger partial charge on any atom is 0.260 e. The van der Waals surface area contributed by atoms with Crippen LogP contribution in [0.15, 0.2) is 53.4 Å². The van der Waals surface area contributed by atoms with E-state index < -0.39 is 10.0 Å². The number of piperazine rings is 1. The second-order valence-electron chi connectivity index (χ2n) is 7.42. The fourth-order valence-corrected chi connectivity index (χ4v) is 4.77. The van der Waals surface area contributed by atoms with Gasteiger partial charge in [0.1, 0.15) is 5.75 Å². The zero-order valence-corrected chi connectivity index (χ0v) is 19.2. The lowest BCUT2D eigenvalue weighted by Crippen LogP contribution is -2.49. The number of hydrogen-bond acceptors (Lipinski definition) is 5. The van der Waals surface area contributed by atoms with E-state index in [1.807, 2.05) is 25.1 Å². The first-order chi connectivity index (χ1) is 14.9. The van der Waals surface area contributed by atoms with Gasteiger partial charge in [-0.1, -0.05) is 48.9 Å². The molecule has 1 fully saturated rings. The second-order valence-corrected chi connectivity index (χ2v) is 9.60. The van der Waals surface area contributed by atoms with Gasteiger partial charge in [0.2, 0.25) is 10.0 Å². The molecule has 0 saturated carbocycles. The topological polar surface area (TPSA) is 78.9 Å². The van der Waals surface area contributed by atoms with E-state index in [2.05, 4.69) is 21.8 Å². The van der Waals surface area contributed by atoms with Gasteiger partial charge in [-0.15, -0.1) is 0 Å². The van der Waals surface area contributed by atoms with Crippen LogP contribution >= 0.6 is 11.6 Å². The Balaban J connectivity index is 1.48. The Labute approximate surface area is 189 Å². The molecule has 1 saturated heterocycles. The van der Waals surface area contributed by atoms with Crippen molar-refractivity contribution in [3.63, 3.8) is 0 Å². The SMILES string of the molecule is CCCNS(=O)(=O)c1ccc(OCC(=O)N2CCN(Cc3ccccc3)CC2)c(Cl)c1. The zero-order chi connectivity index (χ0) is 22.3. The van der Waals surface area contributed by atoms with E-state index in [-0.39, 0.29) is 28.2 Å². The lowest BCUT2D eigenvalue weighted by atomic mass is 10.2. The van der Waals surface area contributed by atoms with Gasteiger partial charge in [-0.25, -0.2) is 13.1 Å². The number of hydrogen-bond donors (Lipinski definition) is 1. The summed E-state index contributed by atoms with van der Waals surface area (Å²) in [5.74, 6) is 0.170. The number of halogens is 1. The van der Waals surface area contributed by atoms with Crippen molar-refractivity contribution in [2.75, 3.05) is 39.3 Å². The van der Waals surface area contributed by atoms with E-state index in [1.165, 1.54) is 23.8 Å². The molecule has 0 atom stereocenters. The first-order valence-corrected chi connectivity index (χ1v) is 12.2. The molecule has 31 heavy (non-hydrogen) atoms. The van der Waals surface area contributed by atoms with Gasteiger partial charge >= 0.3 is 0 Å². The monoisotopic (exact) mass is 465 g/mol. The molecule has 2 aromatic carbocycles. The predicted octanol–water partition coefficient (Wildman–Crippen LogP) is 2.75. The summed E-state index contributed by atoms with van der Waals surface area (Å²) < 4.78 is 32.5. The number of sulfonamides is 1. The van der Waals surface area contributed by atoms with Crippen molar-refractivity contribution in [3.05, 3.63) is 59.1 Å². The molecule has 1 aliphatic rings. The average Bonchev–Trinajstić information content (AvgIpc) is 2.78. The first kappa shape index (κ1) is 23.5. The van der Waals surface area contributed by atoms with Gasteiger partial charge in [0.05, 0.1) is 9.92 Å². The Morgan fingerprint density at radius 2 is 1.81 bits per heavy atom. The number of nitrogens with zero attached hydrogens (tertiary/aromatic N) is 2. The summed E-state index contributed by atoms with van der Waals surface area (Å²) in [6.45, 7) is 5.86. The predicted molar refractivity (Wildman–Crippen MR) is 121 cm³/mol. The molecule has 2 aromatic rings. The van der Waals surface area contributed by atoms with Gasteiger partial charge in [-0.05, 0) is 30.2 Å². The molecule has 0 bridgehead atoms. The maximum absolute atomic E-state index is 12.5. The van der Waals surface area contributed by atoms with Crippen molar-refractivity contribution in [2.45, 2.75) is 24.8 Å². The van der Waals surface area contributed by atoms with Gasteiger partial charge in [-0.2, -0.15) is 0 Å². The summed E-state index contributed by atoms with van der Waals surface area (Å²) in [7, 11) is -3.61. The summed E-state index contributed by atoms with van der Waals surface area (Å²) in [5.41, 5.74) is 1.26. The fourth-order valence-electron chi connectivity index (χ4n) is 3.31. The molecule has 3 rings (SSSR count). The highest BCUT2D eigenvalue weighted by molar-refractivity contribution is 7.89. The number of carbonyl (C=O) groups is 1. The van der Waals surface area contributed by atoms with Gasteiger partial charge in [0, 0.05) is 39.3 Å². The van der Waals surface area contributed by atoms with Crippen LogP contribution < -0.4 is 9.46 Å². The number of benzene rings is 2. The van der Waals surface area contributed by atoms with Gasteiger partial charge < -0.3 is 9.64 Å². The molecule has 0 aromatic heterocycles. The normalized spacial score (nSPS) is 15.1. The van der Waals surface area contributed by atoms with Crippen LogP contribution in [0.3, 0.4) is 0 Å². The maximum atomic E-state index is 12.5. The quantitative estimate of drug-likeness (QED) is 0.616. The minimum Gasteiger partial charge on any atom is -0.482 e. The standard InChI is InChI=1S/C22H28ClN3O4S/c1-2-10-24-31(28,29)19-8-9-21(20(23)15-19)30-17-22(27)26-13-11-25(12-14-26)16-18-6-4-3-5-7-18/h3-9,15,24H,2,10-14,16-17H2,1H3. The minimum absolute atomic E-state index is 0.0687. The molecular weight excluding hydrogens is 438 g/mol. The van der Waals surface area contributed by atoms with Crippen LogP contribution in [0.5, 0.6) is 5.75 Å². The van der Waals surface area contributed by atoms with Crippen molar-refractivity contribution in [1.82, 2.24) is 14.5 Å². The smallest absolute Gasteiger partial charge is 0.260 e. The molecule has 1 N–H and O–H groups in total. The number of carbonyl (C=O) groups excluding carboxylic acids is 1. The average molecular weight is 466 g/mol.